The second-order valence-electron chi connectivity index (χ2n) is 7.22. The zero-order valence-electron chi connectivity index (χ0n) is 14.9. The Morgan fingerprint density at radius 2 is 2.00 bits per heavy atom. The third-order valence-electron chi connectivity index (χ3n) is 5.27. The van der Waals surface area contributed by atoms with Crippen molar-refractivity contribution in [1.82, 2.24) is 10.2 Å². The lowest BCUT2D eigenvalue weighted by molar-refractivity contribution is -0.00704. The molecule has 4 nitrogen and oxygen atoms in total. The summed E-state index contributed by atoms with van der Waals surface area (Å²) in [6.45, 7) is 7.10. The average molecular weight is 348 g/mol. The molecule has 2 aliphatic rings. The molecule has 0 aliphatic carbocycles. The Balaban J connectivity index is 1.52. The van der Waals surface area contributed by atoms with E-state index in [1.54, 1.807) is 0 Å². The molecule has 0 unspecified atom stereocenters. The van der Waals surface area contributed by atoms with Crippen LogP contribution in [0.25, 0.3) is 6.08 Å². The first-order valence-corrected chi connectivity index (χ1v) is 9.17. The van der Waals surface area contributed by atoms with Crippen LogP contribution in [0.4, 0.5) is 0 Å². The van der Waals surface area contributed by atoms with Crippen LogP contribution in [-0.4, -0.2) is 36.0 Å². The minimum absolute atomic E-state index is 0.0467. The number of piperidine rings is 1. The third kappa shape index (κ3) is 3.37. The summed E-state index contributed by atoms with van der Waals surface area (Å²) in [7, 11) is 0. The number of para-hydroxylation sites is 1. The quantitative estimate of drug-likeness (QED) is 0.923. The van der Waals surface area contributed by atoms with Crippen LogP contribution in [-0.2, 0) is 6.54 Å². The second-order valence-corrected chi connectivity index (χ2v) is 7.22. The largest absolute Gasteiger partial charge is 0.483 e. The average Bonchev–Trinajstić information content (AvgIpc) is 2.80. The van der Waals surface area contributed by atoms with E-state index in [0.29, 0.717) is 17.9 Å². The number of amides is 1. The third-order valence-corrected chi connectivity index (χ3v) is 5.27. The SMILES string of the molecule is C=Cc1ccc(CN2CCC[C@]3(CNC(=O)c4ccccc4O3)C2)cc1. The van der Waals surface area contributed by atoms with Crippen molar-refractivity contribution in [3.8, 4) is 5.75 Å². The molecule has 0 radical (unpaired) electrons. The van der Waals surface area contributed by atoms with Gasteiger partial charge in [-0.05, 0) is 42.6 Å². The molecule has 1 N–H and O–H groups in total. The lowest BCUT2D eigenvalue weighted by Crippen LogP contribution is -2.56. The van der Waals surface area contributed by atoms with Crippen LogP contribution in [0.5, 0.6) is 5.75 Å². The number of carbonyl (C=O) groups is 1. The van der Waals surface area contributed by atoms with E-state index in [1.165, 1.54) is 5.56 Å². The van der Waals surface area contributed by atoms with Crippen molar-refractivity contribution >= 4 is 12.0 Å². The second kappa shape index (κ2) is 6.96. The van der Waals surface area contributed by atoms with Crippen molar-refractivity contribution in [2.75, 3.05) is 19.6 Å². The normalized spacial score (nSPS) is 22.8. The molecule has 26 heavy (non-hydrogen) atoms. The van der Waals surface area contributed by atoms with Crippen molar-refractivity contribution < 1.29 is 9.53 Å². The van der Waals surface area contributed by atoms with E-state index in [-0.39, 0.29) is 11.5 Å². The molecular weight excluding hydrogens is 324 g/mol. The van der Waals surface area contributed by atoms with Crippen LogP contribution in [0.2, 0.25) is 0 Å². The van der Waals surface area contributed by atoms with Gasteiger partial charge in [0.2, 0.25) is 0 Å². The highest BCUT2D eigenvalue weighted by Crippen LogP contribution is 2.32. The molecule has 1 saturated heterocycles. The van der Waals surface area contributed by atoms with Gasteiger partial charge in [0.1, 0.15) is 11.4 Å². The van der Waals surface area contributed by atoms with E-state index in [1.807, 2.05) is 30.3 Å². The monoisotopic (exact) mass is 348 g/mol. The summed E-state index contributed by atoms with van der Waals surface area (Å²) in [6, 6.07) is 16.0. The maximum absolute atomic E-state index is 12.4. The van der Waals surface area contributed by atoms with Gasteiger partial charge in [0.25, 0.3) is 5.91 Å². The number of ether oxygens (including phenoxy) is 1. The molecule has 2 aromatic carbocycles. The van der Waals surface area contributed by atoms with E-state index in [4.69, 9.17) is 4.74 Å². The summed E-state index contributed by atoms with van der Waals surface area (Å²) in [5.41, 5.74) is 2.68. The Bertz CT molecular complexity index is 815. The van der Waals surface area contributed by atoms with Gasteiger partial charge >= 0.3 is 0 Å². The molecule has 1 spiro atoms. The molecule has 2 aliphatic heterocycles. The highest BCUT2D eigenvalue weighted by molar-refractivity contribution is 5.97. The van der Waals surface area contributed by atoms with Crippen LogP contribution in [0.1, 0.15) is 34.3 Å². The maximum Gasteiger partial charge on any atom is 0.255 e. The molecule has 4 rings (SSSR count). The summed E-state index contributed by atoms with van der Waals surface area (Å²) in [6.07, 6.45) is 3.87. The van der Waals surface area contributed by atoms with Crippen LogP contribution in [0.3, 0.4) is 0 Å². The van der Waals surface area contributed by atoms with Gasteiger partial charge < -0.3 is 10.1 Å². The summed E-state index contributed by atoms with van der Waals surface area (Å²) in [4.78, 5) is 14.8. The number of rotatable bonds is 3. The topological polar surface area (TPSA) is 41.6 Å². The first-order chi connectivity index (χ1) is 12.7. The van der Waals surface area contributed by atoms with Crippen LogP contribution >= 0.6 is 0 Å². The molecule has 0 aromatic heterocycles. The Kier molecular flexibility index (Phi) is 4.51. The van der Waals surface area contributed by atoms with E-state index in [0.717, 1.165) is 38.0 Å². The van der Waals surface area contributed by atoms with Gasteiger partial charge in [0.05, 0.1) is 12.1 Å². The Morgan fingerprint density at radius 1 is 1.19 bits per heavy atom. The number of benzene rings is 2. The molecule has 134 valence electrons. The number of hydrogen-bond acceptors (Lipinski definition) is 3. The standard InChI is InChI=1S/C22H24N2O2/c1-2-17-8-10-18(11-9-17)14-24-13-5-12-22(16-24)15-23-21(25)19-6-3-4-7-20(19)26-22/h2-4,6-11H,1,5,12-16H2,(H,23,25)/t22-/m0/s1. The minimum atomic E-state index is -0.360. The Morgan fingerprint density at radius 3 is 2.81 bits per heavy atom. The first-order valence-electron chi connectivity index (χ1n) is 9.17. The number of nitrogens with one attached hydrogen (secondary N) is 1. The van der Waals surface area contributed by atoms with Gasteiger partial charge in [0.15, 0.2) is 0 Å². The summed E-state index contributed by atoms with van der Waals surface area (Å²) in [5, 5.41) is 3.06. The van der Waals surface area contributed by atoms with Crippen molar-refractivity contribution in [3.63, 3.8) is 0 Å². The van der Waals surface area contributed by atoms with E-state index < -0.39 is 0 Å². The Labute approximate surface area is 154 Å². The minimum Gasteiger partial charge on any atom is -0.483 e. The zero-order valence-corrected chi connectivity index (χ0v) is 14.9. The molecule has 2 aromatic rings. The predicted molar refractivity (Wildman–Crippen MR) is 103 cm³/mol. The van der Waals surface area contributed by atoms with E-state index >= 15 is 0 Å². The van der Waals surface area contributed by atoms with Crippen LogP contribution in [0.15, 0.2) is 55.1 Å². The molecule has 0 bridgehead atoms. The summed E-state index contributed by atoms with van der Waals surface area (Å²) >= 11 is 0. The highest BCUT2D eigenvalue weighted by Gasteiger charge is 2.40. The lowest BCUT2D eigenvalue weighted by atomic mass is 9.92. The molecule has 1 amide bonds. The van der Waals surface area contributed by atoms with Gasteiger partial charge in [-0.15, -0.1) is 0 Å². The first kappa shape index (κ1) is 16.9. The summed E-state index contributed by atoms with van der Waals surface area (Å²) < 4.78 is 6.42. The highest BCUT2D eigenvalue weighted by atomic mass is 16.5. The lowest BCUT2D eigenvalue weighted by Gasteiger charge is -2.42. The van der Waals surface area contributed by atoms with Crippen molar-refractivity contribution in [2.45, 2.75) is 25.0 Å². The van der Waals surface area contributed by atoms with Crippen LogP contribution < -0.4 is 10.1 Å². The van der Waals surface area contributed by atoms with Crippen molar-refractivity contribution in [1.29, 1.82) is 0 Å². The molecule has 1 fully saturated rings. The number of fused-ring (bicyclic) bond motifs is 1. The number of hydrogen-bond donors (Lipinski definition) is 1. The molecule has 4 heteroatoms. The molecule has 1 atom stereocenters. The van der Waals surface area contributed by atoms with Gasteiger partial charge in [0, 0.05) is 13.1 Å². The van der Waals surface area contributed by atoms with Crippen molar-refractivity contribution in [3.05, 3.63) is 71.8 Å². The fourth-order valence-corrected chi connectivity index (χ4v) is 3.92. The fraction of sp³-hybridized carbons (Fsp3) is 0.318. The van der Waals surface area contributed by atoms with Gasteiger partial charge in [-0.1, -0.05) is 49.1 Å². The maximum atomic E-state index is 12.4. The van der Waals surface area contributed by atoms with Crippen molar-refractivity contribution in [2.24, 2.45) is 0 Å². The van der Waals surface area contributed by atoms with Gasteiger partial charge in [-0.3, -0.25) is 9.69 Å². The van der Waals surface area contributed by atoms with E-state index in [2.05, 4.69) is 41.1 Å². The fourth-order valence-electron chi connectivity index (χ4n) is 3.92. The van der Waals surface area contributed by atoms with E-state index in [9.17, 15) is 4.79 Å². The predicted octanol–water partition coefficient (Wildman–Crippen LogP) is 3.49. The zero-order chi connectivity index (χ0) is 18.0. The molecular formula is C22H24N2O2. The number of carbonyl (C=O) groups excluding carboxylic acids is 1. The molecule has 0 saturated carbocycles. The van der Waals surface area contributed by atoms with Crippen LogP contribution in [0, 0.1) is 0 Å². The molecule has 2 heterocycles. The number of nitrogens with zero attached hydrogens (tertiary/aromatic N) is 1. The van der Waals surface area contributed by atoms with Gasteiger partial charge in [-0.25, -0.2) is 0 Å². The summed E-state index contributed by atoms with van der Waals surface area (Å²) in [5.74, 6) is 0.647. The Hall–Kier alpha value is -2.59. The number of likely N-dealkylation sites (tertiary alicyclic amines) is 1. The van der Waals surface area contributed by atoms with Gasteiger partial charge in [-0.2, -0.15) is 0 Å². The smallest absolute Gasteiger partial charge is 0.255 e.